The van der Waals surface area contributed by atoms with E-state index < -0.39 is 12.1 Å². The van der Waals surface area contributed by atoms with Crippen molar-refractivity contribution in [1.82, 2.24) is 0 Å². The van der Waals surface area contributed by atoms with Gasteiger partial charge in [-0.1, -0.05) is 29.3 Å². The second-order valence-electron chi connectivity index (χ2n) is 4.73. The Morgan fingerprint density at radius 2 is 1.79 bits per heavy atom. The fourth-order valence-electron chi connectivity index (χ4n) is 1.76. The summed E-state index contributed by atoms with van der Waals surface area (Å²) < 4.78 is 41.3. The highest BCUT2D eigenvalue weighted by Gasteiger charge is 2.32. The summed E-state index contributed by atoms with van der Waals surface area (Å²) >= 11 is 16.8. The Morgan fingerprint density at radius 1 is 1.08 bits per heavy atom. The molecule has 0 saturated carbocycles. The molecule has 0 aliphatic carbocycles. The zero-order valence-electron chi connectivity index (χ0n) is 12.2. The third-order valence-electron chi connectivity index (χ3n) is 2.85. The van der Waals surface area contributed by atoms with Crippen LogP contribution in [0, 0.1) is 6.92 Å². The Morgan fingerprint density at radius 3 is 2.42 bits per heavy atom. The van der Waals surface area contributed by atoms with E-state index in [1.54, 1.807) is 18.2 Å². The van der Waals surface area contributed by atoms with E-state index in [9.17, 15) is 13.2 Å². The van der Waals surface area contributed by atoms with Crippen LogP contribution < -0.4 is 15.4 Å². The van der Waals surface area contributed by atoms with Crippen LogP contribution in [0.2, 0.25) is 10.0 Å². The molecule has 0 fully saturated rings. The van der Waals surface area contributed by atoms with Crippen molar-refractivity contribution in [2.24, 2.45) is 0 Å². The van der Waals surface area contributed by atoms with Gasteiger partial charge < -0.3 is 15.4 Å². The van der Waals surface area contributed by atoms with Crippen LogP contribution in [0.1, 0.15) is 5.56 Å². The molecule has 2 rings (SSSR count). The van der Waals surface area contributed by atoms with Crippen molar-refractivity contribution in [3.05, 3.63) is 52.0 Å². The number of hydrogen-bond donors (Lipinski definition) is 2. The number of nitrogens with one attached hydrogen (secondary N) is 2. The van der Waals surface area contributed by atoms with Gasteiger partial charge in [0.05, 0.1) is 5.69 Å². The third kappa shape index (κ3) is 5.43. The molecule has 0 atom stereocenters. The van der Waals surface area contributed by atoms with Crippen molar-refractivity contribution in [1.29, 1.82) is 0 Å². The second-order valence-corrected chi connectivity index (χ2v) is 5.98. The minimum atomic E-state index is -4.85. The molecule has 0 aliphatic rings. The molecule has 3 nitrogen and oxygen atoms in total. The van der Waals surface area contributed by atoms with Gasteiger partial charge >= 0.3 is 6.36 Å². The molecule has 0 saturated heterocycles. The van der Waals surface area contributed by atoms with Crippen molar-refractivity contribution in [2.75, 3.05) is 10.6 Å². The minimum absolute atomic E-state index is 0.0208. The summed E-state index contributed by atoms with van der Waals surface area (Å²) in [5, 5.41) is 6.18. The second kappa shape index (κ2) is 7.46. The predicted octanol–water partition coefficient (Wildman–Crippen LogP) is 6.01. The van der Waals surface area contributed by atoms with Gasteiger partial charge in [0.15, 0.2) is 10.9 Å². The highest BCUT2D eigenvalue weighted by Crippen LogP contribution is 2.33. The standard InChI is InChI=1S/C15H11Cl2F3N2OS/c1-8-2-4-10(7-11(8)17)21-14(24)22-12-5-3-9(16)6-13(12)23-15(18,19)20/h2-7H,1H3,(H2,21,22,24). The van der Waals surface area contributed by atoms with Crippen molar-refractivity contribution in [3.63, 3.8) is 0 Å². The molecule has 0 aromatic heterocycles. The highest BCUT2D eigenvalue weighted by atomic mass is 35.5. The van der Waals surface area contributed by atoms with Gasteiger partial charge in [0.25, 0.3) is 0 Å². The number of ether oxygens (including phenoxy) is 1. The maximum atomic E-state index is 12.5. The van der Waals surface area contributed by atoms with Gasteiger partial charge in [-0.15, -0.1) is 13.2 Å². The van der Waals surface area contributed by atoms with Crippen molar-refractivity contribution in [3.8, 4) is 5.75 Å². The molecular formula is C15H11Cl2F3N2OS. The van der Waals surface area contributed by atoms with Crippen molar-refractivity contribution < 1.29 is 17.9 Å². The van der Waals surface area contributed by atoms with Crippen LogP contribution in [0.5, 0.6) is 5.75 Å². The number of rotatable bonds is 3. The van der Waals surface area contributed by atoms with E-state index in [1.165, 1.54) is 12.1 Å². The smallest absolute Gasteiger partial charge is 0.404 e. The van der Waals surface area contributed by atoms with Crippen molar-refractivity contribution in [2.45, 2.75) is 13.3 Å². The van der Waals surface area contributed by atoms with Gasteiger partial charge in [0.2, 0.25) is 0 Å². The summed E-state index contributed by atoms with van der Waals surface area (Å²) in [5.41, 5.74) is 1.50. The highest BCUT2D eigenvalue weighted by molar-refractivity contribution is 7.80. The normalized spacial score (nSPS) is 11.1. The minimum Gasteiger partial charge on any atom is -0.404 e. The van der Waals surface area contributed by atoms with E-state index in [0.717, 1.165) is 11.6 Å². The van der Waals surface area contributed by atoms with E-state index in [2.05, 4.69) is 15.4 Å². The van der Waals surface area contributed by atoms with E-state index >= 15 is 0 Å². The fraction of sp³-hybridized carbons (Fsp3) is 0.133. The third-order valence-corrected chi connectivity index (χ3v) is 3.69. The molecule has 9 heteroatoms. The maximum Gasteiger partial charge on any atom is 0.573 e. The van der Waals surface area contributed by atoms with E-state index in [0.29, 0.717) is 10.7 Å². The summed E-state index contributed by atoms with van der Waals surface area (Å²) in [6.07, 6.45) is -4.85. The van der Waals surface area contributed by atoms with Crippen LogP contribution in [0.3, 0.4) is 0 Å². The molecule has 128 valence electrons. The first-order valence-electron chi connectivity index (χ1n) is 6.53. The molecule has 0 radical (unpaired) electrons. The van der Waals surface area contributed by atoms with Gasteiger partial charge in [-0.05, 0) is 49.0 Å². The zero-order chi connectivity index (χ0) is 17.9. The van der Waals surface area contributed by atoms with Crippen LogP contribution in [0.15, 0.2) is 36.4 Å². The van der Waals surface area contributed by atoms with E-state index in [1.807, 2.05) is 6.92 Å². The quantitative estimate of drug-likeness (QED) is 0.624. The number of thiocarbonyl (C=S) groups is 1. The summed E-state index contributed by atoms with van der Waals surface area (Å²) in [5.74, 6) is -0.485. The molecule has 0 spiro atoms. The molecule has 0 amide bonds. The lowest BCUT2D eigenvalue weighted by atomic mass is 10.2. The summed E-state index contributed by atoms with van der Waals surface area (Å²) in [6, 6.07) is 8.97. The van der Waals surface area contributed by atoms with Crippen LogP contribution in [0.25, 0.3) is 0 Å². The Bertz CT molecular complexity index is 769. The zero-order valence-corrected chi connectivity index (χ0v) is 14.5. The van der Waals surface area contributed by atoms with Crippen LogP contribution >= 0.6 is 35.4 Å². The Balaban J connectivity index is 2.14. The Kier molecular flexibility index (Phi) is 5.79. The lowest BCUT2D eigenvalue weighted by Gasteiger charge is -2.16. The monoisotopic (exact) mass is 394 g/mol. The van der Waals surface area contributed by atoms with Crippen molar-refractivity contribution >= 4 is 51.9 Å². The van der Waals surface area contributed by atoms with Gasteiger partial charge in [-0.25, -0.2) is 0 Å². The average Bonchev–Trinajstić information content (AvgIpc) is 2.44. The largest absolute Gasteiger partial charge is 0.573 e. The molecule has 0 unspecified atom stereocenters. The Labute approximate surface area is 151 Å². The number of aryl methyl sites for hydroxylation is 1. The van der Waals surface area contributed by atoms with Crippen LogP contribution in [-0.4, -0.2) is 11.5 Å². The molecule has 0 heterocycles. The predicted molar refractivity (Wildman–Crippen MR) is 94.2 cm³/mol. The first-order chi connectivity index (χ1) is 11.1. The topological polar surface area (TPSA) is 33.3 Å². The molecule has 24 heavy (non-hydrogen) atoms. The van der Waals surface area contributed by atoms with E-state index in [-0.39, 0.29) is 15.8 Å². The Hall–Kier alpha value is -1.70. The molecular weight excluding hydrogens is 384 g/mol. The van der Waals surface area contributed by atoms with Crippen LogP contribution in [0.4, 0.5) is 24.5 Å². The summed E-state index contributed by atoms with van der Waals surface area (Å²) in [7, 11) is 0. The number of alkyl halides is 3. The number of anilines is 2. The van der Waals surface area contributed by atoms with Gasteiger partial charge in [-0.2, -0.15) is 0 Å². The SMILES string of the molecule is Cc1ccc(NC(=S)Nc2ccc(Cl)cc2OC(F)(F)F)cc1Cl. The number of benzene rings is 2. The maximum absolute atomic E-state index is 12.5. The summed E-state index contributed by atoms with van der Waals surface area (Å²) in [4.78, 5) is 0. The number of halogens is 5. The lowest BCUT2D eigenvalue weighted by molar-refractivity contribution is -0.274. The molecule has 0 bridgehead atoms. The van der Waals surface area contributed by atoms with Gasteiger partial charge in [0.1, 0.15) is 0 Å². The van der Waals surface area contributed by atoms with Gasteiger partial charge in [-0.3, -0.25) is 0 Å². The first-order valence-corrected chi connectivity index (χ1v) is 7.70. The average molecular weight is 395 g/mol. The first kappa shape index (κ1) is 18.6. The molecule has 2 N–H and O–H groups in total. The van der Waals surface area contributed by atoms with E-state index in [4.69, 9.17) is 35.4 Å². The fourth-order valence-corrected chi connectivity index (χ4v) is 2.33. The molecule has 2 aromatic rings. The summed E-state index contributed by atoms with van der Waals surface area (Å²) in [6.45, 7) is 1.84. The molecule has 2 aromatic carbocycles. The lowest BCUT2D eigenvalue weighted by Crippen LogP contribution is -2.22. The van der Waals surface area contributed by atoms with Crippen LogP contribution in [-0.2, 0) is 0 Å². The van der Waals surface area contributed by atoms with Gasteiger partial charge in [0, 0.05) is 21.8 Å². The number of hydrogen-bond acceptors (Lipinski definition) is 2. The molecule has 0 aliphatic heterocycles.